The van der Waals surface area contributed by atoms with Crippen LogP contribution in [-0.2, 0) is 0 Å². The molecule has 0 saturated carbocycles. The van der Waals surface area contributed by atoms with Crippen LogP contribution in [0.4, 0.5) is 0 Å². The number of rotatable bonds is 5. The van der Waals surface area contributed by atoms with Gasteiger partial charge in [0.15, 0.2) is 0 Å². The lowest BCUT2D eigenvalue weighted by atomic mass is 10.0. The molecule has 0 radical (unpaired) electrons. The lowest BCUT2D eigenvalue weighted by Gasteiger charge is -2.34. The molecule has 1 unspecified atom stereocenters. The standard InChI is InChI=1S/C15H21N3O/c1-15(10-16,18(2)3)11-19-13-8-4-6-12-7-5-9-17-14(12)13/h4-9H,10-11,16H2,1-3H3. The van der Waals surface area contributed by atoms with Crippen LogP contribution in [0.25, 0.3) is 10.9 Å². The summed E-state index contributed by atoms with van der Waals surface area (Å²) in [5.41, 5.74) is 6.56. The van der Waals surface area contributed by atoms with Crippen LogP contribution in [0.3, 0.4) is 0 Å². The highest BCUT2D eigenvalue weighted by Crippen LogP contribution is 2.24. The highest BCUT2D eigenvalue weighted by Gasteiger charge is 2.26. The van der Waals surface area contributed by atoms with Crippen LogP contribution in [0.15, 0.2) is 36.5 Å². The number of likely N-dealkylation sites (N-methyl/N-ethyl adjacent to an activating group) is 1. The van der Waals surface area contributed by atoms with Crippen LogP contribution >= 0.6 is 0 Å². The quantitative estimate of drug-likeness (QED) is 0.891. The van der Waals surface area contributed by atoms with Gasteiger partial charge in [0.05, 0.1) is 5.54 Å². The predicted octanol–water partition coefficient (Wildman–Crippen LogP) is 1.89. The molecule has 0 amide bonds. The van der Waals surface area contributed by atoms with Gasteiger partial charge < -0.3 is 10.5 Å². The van der Waals surface area contributed by atoms with Gasteiger partial charge in [-0.05, 0) is 33.2 Å². The van der Waals surface area contributed by atoms with Crippen molar-refractivity contribution in [3.05, 3.63) is 36.5 Å². The summed E-state index contributed by atoms with van der Waals surface area (Å²) < 4.78 is 5.95. The van der Waals surface area contributed by atoms with Crippen LogP contribution in [0.2, 0.25) is 0 Å². The Bertz CT molecular complexity index is 551. The summed E-state index contributed by atoms with van der Waals surface area (Å²) in [6.07, 6.45) is 1.78. The Hall–Kier alpha value is -1.65. The molecule has 0 spiro atoms. The third-order valence-corrected chi connectivity index (χ3v) is 3.65. The van der Waals surface area contributed by atoms with Gasteiger partial charge in [-0.3, -0.25) is 9.88 Å². The van der Waals surface area contributed by atoms with Gasteiger partial charge in [0.25, 0.3) is 0 Å². The normalized spacial score (nSPS) is 14.6. The number of nitrogens with zero attached hydrogens (tertiary/aromatic N) is 2. The Morgan fingerprint density at radius 2 is 2.00 bits per heavy atom. The van der Waals surface area contributed by atoms with Crippen molar-refractivity contribution in [3.63, 3.8) is 0 Å². The van der Waals surface area contributed by atoms with E-state index >= 15 is 0 Å². The number of hydrogen-bond acceptors (Lipinski definition) is 4. The second-order valence-corrected chi connectivity index (χ2v) is 5.22. The zero-order chi connectivity index (χ0) is 13.9. The van der Waals surface area contributed by atoms with Crippen LogP contribution in [-0.4, -0.2) is 42.7 Å². The van der Waals surface area contributed by atoms with Gasteiger partial charge in [0.2, 0.25) is 0 Å². The van der Waals surface area contributed by atoms with Crippen LogP contribution in [0.5, 0.6) is 5.75 Å². The van der Waals surface area contributed by atoms with Gasteiger partial charge in [0.1, 0.15) is 17.9 Å². The van der Waals surface area contributed by atoms with Crippen LogP contribution in [0, 0.1) is 0 Å². The van der Waals surface area contributed by atoms with Gasteiger partial charge in [-0.2, -0.15) is 0 Å². The van der Waals surface area contributed by atoms with Gasteiger partial charge in [-0.1, -0.05) is 18.2 Å². The molecule has 102 valence electrons. The molecule has 19 heavy (non-hydrogen) atoms. The minimum Gasteiger partial charge on any atom is -0.489 e. The van der Waals surface area contributed by atoms with Crippen molar-refractivity contribution in [1.29, 1.82) is 0 Å². The Labute approximate surface area is 114 Å². The molecular weight excluding hydrogens is 238 g/mol. The topological polar surface area (TPSA) is 51.4 Å². The fraction of sp³-hybridized carbons (Fsp3) is 0.400. The van der Waals surface area contributed by atoms with E-state index in [1.165, 1.54) is 0 Å². The van der Waals surface area contributed by atoms with Crippen LogP contribution < -0.4 is 10.5 Å². The summed E-state index contributed by atoms with van der Waals surface area (Å²) in [5.74, 6) is 0.805. The highest BCUT2D eigenvalue weighted by molar-refractivity contribution is 5.84. The molecule has 0 fully saturated rings. The molecular formula is C15H21N3O. The van der Waals surface area contributed by atoms with E-state index in [9.17, 15) is 0 Å². The minimum atomic E-state index is -0.184. The molecule has 2 N–H and O–H groups in total. The van der Waals surface area contributed by atoms with Crippen molar-refractivity contribution in [2.45, 2.75) is 12.5 Å². The number of pyridine rings is 1. The fourth-order valence-corrected chi connectivity index (χ4v) is 1.80. The molecule has 2 rings (SSSR count). The van der Waals surface area contributed by atoms with E-state index in [-0.39, 0.29) is 5.54 Å². The van der Waals surface area contributed by atoms with Crippen molar-refractivity contribution in [2.24, 2.45) is 5.73 Å². The van der Waals surface area contributed by atoms with E-state index in [2.05, 4.69) is 16.8 Å². The summed E-state index contributed by atoms with van der Waals surface area (Å²) in [6, 6.07) is 9.92. The summed E-state index contributed by atoms with van der Waals surface area (Å²) in [7, 11) is 4.02. The molecule has 0 aliphatic heterocycles. The van der Waals surface area contributed by atoms with Crippen molar-refractivity contribution < 1.29 is 4.74 Å². The average Bonchev–Trinajstić information content (AvgIpc) is 2.44. The maximum absolute atomic E-state index is 5.95. The number of para-hydroxylation sites is 1. The maximum atomic E-state index is 5.95. The molecule has 0 saturated heterocycles. The largest absolute Gasteiger partial charge is 0.489 e. The molecule has 1 aromatic heterocycles. The predicted molar refractivity (Wildman–Crippen MR) is 78.4 cm³/mol. The zero-order valence-electron chi connectivity index (χ0n) is 11.8. The molecule has 0 aliphatic rings. The number of hydrogen-bond donors (Lipinski definition) is 1. The number of nitrogens with two attached hydrogens (primary N) is 1. The van der Waals surface area contributed by atoms with Crippen molar-refractivity contribution >= 4 is 10.9 Å². The molecule has 1 aromatic carbocycles. The lowest BCUT2D eigenvalue weighted by Crippen LogP contribution is -2.52. The summed E-state index contributed by atoms with van der Waals surface area (Å²) in [4.78, 5) is 6.47. The monoisotopic (exact) mass is 259 g/mol. The smallest absolute Gasteiger partial charge is 0.145 e. The first-order valence-electron chi connectivity index (χ1n) is 6.41. The number of benzene rings is 1. The van der Waals surface area contributed by atoms with E-state index in [0.717, 1.165) is 16.7 Å². The van der Waals surface area contributed by atoms with Gasteiger partial charge in [0, 0.05) is 18.1 Å². The molecule has 4 nitrogen and oxygen atoms in total. The first kappa shape index (κ1) is 13.8. The Morgan fingerprint density at radius 3 is 2.68 bits per heavy atom. The van der Waals surface area contributed by atoms with E-state index in [0.29, 0.717) is 13.2 Å². The second-order valence-electron chi connectivity index (χ2n) is 5.22. The fourth-order valence-electron chi connectivity index (χ4n) is 1.80. The SMILES string of the molecule is CN(C)C(C)(CN)COc1cccc2cccnc12. The second kappa shape index (κ2) is 5.55. The zero-order valence-corrected chi connectivity index (χ0v) is 11.8. The van der Waals surface area contributed by atoms with Crippen molar-refractivity contribution in [1.82, 2.24) is 9.88 Å². The Morgan fingerprint density at radius 1 is 1.26 bits per heavy atom. The molecule has 2 aromatic rings. The van der Waals surface area contributed by atoms with E-state index in [1.54, 1.807) is 6.20 Å². The number of aromatic nitrogens is 1. The molecule has 1 atom stereocenters. The summed E-state index contributed by atoms with van der Waals surface area (Å²) >= 11 is 0. The molecule has 4 heteroatoms. The van der Waals surface area contributed by atoms with Gasteiger partial charge >= 0.3 is 0 Å². The maximum Gasteiger partial charge on any atom is 0.145 e. The van der Waals surface area contributed by atoms with Crippen LogP contribution in [0.1, 0.15) is 6.92 Å². The summed E-state index contributed by atoms with van der Waals surface area (Å²) in [6.45, 7) is 3.16. The first-order valence-corrected chi connectivity index (χ1v) is 6.41. The lowest BCUT2D eigenvalue weighted by molar-refractivity contribution is 0.105. The van der Waals surface area contributed by atoms with E-state index < -0.39 is 0 Å². The minimum absolute atomic E-state index is 0.184. The average molecular weight is 259 g/mol. The van der Waals surface area contributed by atoms with E-state index in [1.807, 2.05) is 44.4 Å². The first-order chi connectivity index (χ1) is 9.07. The van der Waals surface area contributed by atoms with E-state index in [4.69, 9.17) is 10.5 Å². The third kappa shape index (κ3) is 2.85. The molecule has 0 aliphatic carbocycles. The summed E-state index contributed by atoms with van der Waals surface area (Å²) in [5, 5.41) is 1.08. The van der Waals surface area contributed by atoms with Gasteiger partial charge in [-0.25, -0.2) is 0 Å². The van der Waals surface area contributed by atoms with Crippen molar-refractivity contribution in [2.75, 3.05) is 27.2 Å². The highest BCUT2D eigenvalue weighted by atomic mass is 16.5. The van der Waals surface area contributed by atoms with Crippen molar-refractivity contribution in [3.8, 4) is 5.75 Å². The molecule has 0 bridgehead atoms. The Kier molecular flexibility index (Phi) is 4.02. The molecule has 1 heterocycles. The van der Waals surface area contributed by atoms with Gasteiger partial charge in [-0.15, -0.1) is 0 Å². The number of ether oxygens (including phenoxy) is 1. The third-order valence-electron chi connectivity index (χ3n) is 3.65. The Balaban J connectivity index is 2.23. The number of fused-ring (bicyclic) bond motifs is 1.